The zero-order valence-corrected chi connectivity index (χ0v) is 18.2. The van der Waals surface area contributed by atoms with Crippen LogP contribution in [0.5, 0.6) is 5.75 Å². The number of carbonyl (C=O) groups is 3. The summed E-state index contributed by atoms with van der Waals surface area (Å²) >= 11 is 0. The van der Waals surface area contributed by atoms with E-state index in [-0.39, 0.29) is 31.5 Å². The van der Waals surface area contributed by atoms with E-state index in [9.17, 15) is 14.4 Å². The molecular formula is C24H25NO7. The molecule has 3 rings (SSSR count). The van der Waals surface area contributed by atoms with Gasteiger partial charge >= 0.3 is 17.9 Å². The summed E-state index contributed by atoms with van der Waals surface area (Å²) in [6.07, 6.45) is 0.466. The molecule has 0 spiro atoms. The fourth-order valence-electron chi connectivity index (χ4n) is 3.20. The molecule has 8 heteroatoms. The molecule has 0 fully saturated rings. The molecule has 0 aliphatic heterocycles. The van der Waals surface area contributed by atoms with Gasteiger partial charge in [-0.3, -0.25) is 4.79 Å². The molecule has 1 heterocycles. The van der Waals surface area contributed by atoms with Crippen molar-refractivity contribution in [1.29, 1.82) is 0 Å². The predicted octanol–water partition coefficient (Wildman–Crippen LogP) is 3.95. The Kier molecular flexibility index (Phi) is 7.49. The van der Waals surface area contributed by atoms with Crippen LogP contribution in [0.15, 0.2) is 42.5 Å². The number of esters is 3. The van der Waals surface area contributed by atoms with Crippen LogP contribution in [0, 0.1) is 6.92 Å². The van der Waals surface area contributed by atoms with Gasteiger partial charge in [0.1, 0.15) is 18.1 Å². The molecule has 32 heavy (non-hydrogen) atoms. The number of nitrogens with one attached hydrogen (secondary N) is 1. The highest BCUT2D eigenvalue weighted by molar-refractivity contribution is 6.03. The van der Waals surface area contributed by atoms with Crippen LogP contribution in [-0.2, 0) is 25.6 Å². The van der Waals surface area contributed by atoms with Gasteiger partial charge in [-0.05, 0) is 30.2 Å². The van der Waals surface area contributed by atoms with Crippen molar-refractivity contribution in [3.05, 3.63) is 64.8 Å². The molecule has 0 saturated heterocycles. The van der Waals surface area contributed by atoms with Crippen molar-refractivity contribution in [3.8, 4) is 5.75 Å². The lowest BCUT2D eigenvalue weighted by Crippen LogP contribution is -2.09. The highest BCUT2D eigenvalue weighted by Crippen LogP contribution is 2.32. The fraction of sp³-hybridized carbons (Fsp3) is 0.292. The molecule has 0 atom stereocenters. The number of methoxy groups -OCH3 is 1. The minimum atomic E-state index is -0.533. The Labute approximate surface area is 185 Å². The Balaban J connectivity index is 1.87. The van der Waals surface area contributed by atoms with E-state index in [0.717, 1.165) is 5.56 Å². The van der Waals surface area contributed by atoms with Gasteiger partial charge in [0.05, 0.1) is 31.4 Å². The van der Waals surface area contributed by atoms with Crippen LogP contribution in [0.3, 0.4) is 0 Å². The molecule has 2 aromatic carbocycles. The monoisotopic (exact) mass is 439 g/mol. The lowest BCUT2D eigenvalue weighted by Gasteiger charge is -2.13. The number of hydrogen-bond acceptors (Lipinski definition) is 7. The molecule has 0 bridgehead atoms. The van der Waals surface area contributed by atoms with E-state index in [1.54, 1.807) is 19.1 Å². The maximum absolute atomic E-state index is 12.8. The van der Waals surface area contributed by atoms with Gasteiger partial charge in [0.2, 0.25) is 0 Å². The van der Waals surface area contributed by atoms with Crippen LogP contribution in [0.25, 0.3) is 10.9 Å². The summed E-state index contributed by atoms with van der Waals surface area (Å²) in [6.45, 7) is 3.72. The Morgan fingerprint density at radius 1 is 0.969 bits per heavy atom. The largest absolute Gasteiger partial charge is 0.491 e. The second-order valence-electron chi connectivity index (χ2n) is 7.11. The van der Waals surface area contributed by atoms with Crippen LogP contribution >= 0.6 is 0 Å². The summed E-state index contributed by atoms with van der Waals surface area (Å²) < 4.78 is 21.0. The van der Waals surface area contributed by atoms with Gasteiger partial charge in [0.25, 0.3) is 0 Å². The molecule has 0 radical (unpaired) electrons. The molecular weight excluding hydrogens is 414 g/mol. The Morgan fingerprint density at radius 3 is 2.41 bits per heavy atom. The molecule has 3 aromatic rings. The smallest absolute Gasteiger partial charge is 0.354 e. The van der Waals surface area contributed by atoms with Crippen molar-refractivity contribution in [2.24, 2.45) is 0 Å². The molecule has 0 aliphatic rings. The predicted molar refractivity (Wildman–Crippen MR) is 117 cm³/mol. The first-order valence-corrected chi connectivity index (χ1v) is 10.1. The quantitative estimate of drug-likeness (QED) is 0.306. The molecule has 0 amide bonds. The van der Waals surface area contributed by atoms with Crippen LogP contribution in [-0.4, -0.2) is 43.2 Å². The minimum Gasteiger partial charge on any atom is -0.491 e. The Morgan fingerprint density at radius 2 is 1.72 bits per heavy atom. The van der Waals surface area contributed by atoms with Crippen LogP contribution in [0.2, 0.25) is 0 Å². The number of rotatable bonds is 9. The van der Waals surface area contributed by atoms with Crippen LogP contribution in [0.4, 0.5) is 0 Å². The summed E-state index contributed by atoms with van der Waals surface area (Å²) in [6, 6.07) is 12.6. The van der Waals surface area contributed by atoms with Crippen LogP contribution in [0.1, 0.15) is 45.3 Å². The SMILES string of the molecule is COC(=O)c1cc2c(C)c(C(=O)OCc3ccccc3)cc(OCCCOC(C)=O)c2[nH]1. The molecule has 0 saturated carbocycles. The number of carbonyl (C=O) groups excluding carboxylic acids is 3. The van der Waals surface area contributed by atoms with Crippen molar-refractivity contribution in [1.82, 2.24) is 4.98 Å². The van der Waals surface area contributed by atoms with E-state index in [1.807, 2.05) is 30.3 Å². The summed E-state index contributed by atoms with van der Waals surface area (Å²) in [5, 5.41) is 0.648. The third kappa shape index (κ3) is 5.46. The summed E-state index contributed by atoms with van der Waals surface area (Å²) in [7, 11) is 1.29. The Hall–Kier alpha value is -3.81. The van der Waals surface area contributed by atoms with Crippen molar-refractivity contribution >= 4 is 28.8 Å². The van der Waals surface area contributed by atoms with Crippen molar-refractivity contribution < 1.29 is 33.3 Å². The third-order valence-electron chi connectivity index (χ3n) is 4.84. The summed E-state index contributed by atoms with van der Waals surface area (Å²) in [5.74, 6) is -1.01. The third-order valence-corrected chi connectivity index (χ3v) is 4.84. The molecule has 0 unspecified atom stereocenters. The van der Waals surface area contributed by atoms with Gasteiger partial charge < -0.3 is 23.9 Å². The van der Waals surface area contributed by atoms with Crippen molar-refractivity contribution in [3.63, 3.8) is 0 Å². The van der Waals surface area contributed by atoms with E-state index >= 15 is 0 Å². The van der Waals surface area contributed by atoms with Gasteiger partial charge in [-0.25, -0.2) is 9.59 Å². The van der Waals surface area contributed by atoms with E-state index in [2.05, 4.69) is 4.98 Å². The van der Waals surface area contributed by atoms with Crippen LogP contribution < -0.4 is 4.74 Å². The molecule has 1 aromatic heterocycles. The van der Waals surface area contributed by atoms with Gasteiger partial charge in [0, 0.05) is 18.7 Å². The standard InChI is InChI=1S/C24H25NO7/c1-15-18-12-20(24(28)29-3)25-22(18)21(31-11-7-10-30-16(2)26)13-19(15)23(27)32-14-17-8-5-4-6-9-17/h4-6,8-9,12-13,25H,7,10-11,14H2,1-3H3. The topological polar surface area (TPSA) is 104 Å². The molecule has 1 N–H and O–H groups in total. The average molecular weight is 439 g/mol. The van der Waals surface area contributed by atoms with Gasteiger partial charge in [-0.1, -0.05) is 30.3 Å². The number of aromatic amines is 1. The Bertz CT molecular complexity index is 1120. The van der Waals surface area contributed by atoms with E-state index in [0.29, 0.717) is 34.2 Å². The summed E-state index contributed by atoms with van der Waals surface area (Å²) in [5.41, 5.74) is 2.66. The first-order chi connectivity index (χ1) is 15.4. The first-order valence-electron chi connectivity index (χ1n) is 10.1. The zero-order valence-electron chi connectivity index (χ0n) is 18.2. The van der Waals surface area contributed by atoms with E-state index in [1.165, 1.54) is 14.0 Å². The van der Waals surface area contributed by atoms with Crippen molar-refractivity contribution in [2.75, 3.05) is 20.3 Å². The lowest BCUT2D eigenvalue weighted by atomic mass is 10.0. The average Bonchev–Trinajstić information content (AvgIpc) is 3.25. The van der Waals surface area contributed by atoms with E-state index < -0.39 is 11.9 Å². The fourth-order valence-corrected chi connectivity index (χ4v) is 3.20. The number of aromatic nitrogens is 1. The number of fused-ring (bicyclic) bond motifs is 1. The van der Waals surface area contributed by atoms with Gasteiger partial charge in [-0.15, -0.1) is 0 Å². The van der Waals surface area contributed by atoms with E-state index in [4.69, 9.17) is 18.9 Å². The number of aryl methyl sites for hydroxylation is 1. The maximum Gasteiger partial charge on any atom is 0.354 e. The van der Waals surface area contributed by atoms with Gasteiger partial charge in [-0.2, -0.15) is 0 Å². The first kappa shape index (κ1) is 22.9. The highest BCUT2D eigenvalue weighted by Gasteiger charge is 2.21. The van der Waals surface area contributed by atoms with Crippen molar-refractivity contribution in [2.45, 2.75) is 26.9 Å². The number of benzene rings is 2. The number of H-pyrrole nitrogens is 1. The lowest BCUT2D eigenvalue weighted by molar-refractivity contribution is -0.141. The molecule has 168 valence electrons. The summed E-state index contributed by atoms with van der Waals surface area (Å²) in [4.78, 5) is 38.8. The minimum absolute atomic E-state index is 0.135. The second kappa shape index (κ2) is 10.5. The zero-order chi connectivity index (χ0) is 23.1. The molecule has 8 nitrogen and oxygen atoms in total. The second-order valence-corrected chi connectivity index (χ2v) is 7.11. The van der Waals surface area contributed by atoms with Gasteiger partial charge in [0.15, 0.2) is 0 Å². The number of ether oxygens (including phenoxy) is 4. The normalized spacial score (nSPS) is 10.6. The highest BCUT2D eigenvalue weighted by atomic mass is 16.5. The number of hydrogen-bond donors (Lipinski definition) is 1. The molecule has 0 aliphatic carbocycles. The maximum atomic E-state index is 12.8.